The number of rotatable bonds is 7. The fourth-order valence-corrected chi connectivity index (χ4v) is 8.26. The van der Waals surface area contributed by atoms with Gasteiger partial charge in [0.25, 0.3) is 0 Å². The van der Waals surface area contributed by atoms with Gasteiger partial charge in [0.1, 0.15) is 0 Å². The first-order valence-electron chi connectivity index (χ1n) is 19.8. The third kappa shape index (κ3) is 6.57. The smallest absolute Gasteiger partial charge is 0.160 e. The van der Waals surface area contributed by atoms with Crippen molar-refractivity contribution in [2.75, 3.05) is 0 Å². The molecule has 2 heterocycles. The minimum Gasteiger partial charge on any atom is -0.308 e. The van der Waals surface area contributed by atoms with E-state index in [1.54, 1.807) is 0 Å². The Morgan fingerprint density at radius 1 is 0.400 bits per heavy atom. The molecule has 8 aromatic carbocycles. The summed E-state index contributed by atoms with van der Waals surface area (Å²) in [5.74, 6) is 0.615. The molecule has 0 saturated carbocycles. The molecule has 0 unspecified atom stereocenters. The van der Waals surface area contributed by atoms with E-state index in [0.717, 1.165) is 89.0 Å². The summed E-state index contributed by atoms with van der Waals surface area (Å²) in [5.41, 5.74) is 15.5. The van der Waals surface area contributed by atoms with Crippen LogP contribution in [0.2, 0.25) is 0 Å². The maximum Gasteiger partial charge on any atom is 0.160 e. The van der Waals surface area contributed by atoms with Gasteiger partial charge in [-0.05, 0) is 89.8 Å². The normalized spacial score (nSPS) is 11.1. The molecule has 0 bridgehead atoms. The number of fused-ring (bicyclic) bond motifs is 3. The van der Waals surface area contributed by atoms with Crippen molar-refractivity contribution < 1.29 is 0 Å². The minimum atomic E-state index is 0.557. The van der Waals surface area contributed by atoms with Gasteiger partial charge < -0.3 is 4.57 Å². The lowest BCUT2D eigenvalue weighted by Crippen LogP contribution is -2.03. The fourth-order valence-electron chi connectivity index (χ4n) is 8.26. The van der Waals surface area contributed by atoms with Crippen molar-refractivity contribution in [2.24, 2.45) is 0 Å². The third-order valence-corrected chi connectivity index (χ3v) is 11.1. The van der Waals surface area contributed by atoms with Crippen molar-refractivity contribution in [3.8, 4) is 85.1 Å². The summed E-state index contributed by atoms with van der Waals surface area (Å²) in [6.45, 7) is 2.12. The lowest BCUT2D eigenvalue weighted by Gasteiger charge is -2.21. The number of hydrogen-bond acceptors (Lipinski definition) is 4. The van der Waals surface area contributed by atoms with Gasteiger partial charge in [-0.15, -0.1) is 0 Å². The van der Waals surface area contributed by atoms with Gasteiger partial charge in [-0.25, -0.2) is 9.97 Å². The summed E-state index contributed by atoms with van der Waals surface area (Å²) < 4.78 is 2.35. The summed E-state index contributed by atoms with van der Waals surface area (Å²) in [5, 5.41) is 22.6. The average molecular weight is 766 g/mol. The van der Waals surface area contributed by atoms with E-state index in [2.05, 4.69) is 133 Å². The van der Waals surface area contributed by atoms with Crippen LogP contribution < -0.4 is 0 Å². The zero-order chi connectivity index (χ0) is 40.6. The molecule has 5 nitrogen and oxygen atoms in total. The van der Waals surface area contributed by atoms with Crippen LogP contribution in [0.5, 0.6) is 0 Å². The Kier molecular flexibility index (Phi) is 9.10. The molecule has 10 rings (SSSR count). The molecular formula is C55H35N5. The quantitative estimate of drug-likeness (QED) is 0.162. The van der Waals surface area contributed by atoms with Crippen molar-refractivity contribution in [3.63, 3.8) is 0 Å². The molecule has 2 aromatic heterocycles. The van der Waals surface area contributed by atoms with Crippen LogP contribution in [0.15, 0.2) is 194 Å². The number of aromatic nitrogens is 3. The number of aryl methyl sites for hydroxylation is 1. The first-order chi connectivity index (χ1) is 29.5. The van der Waals surface area contributed by atoms with Crippen LogP contribution in [0, 0.1) is 29.6 Å². The largest absolute Gasteiger partial charge is 0.308 e. The summed E-state index contributed by atoms with van der Waals surface area (Å²) in [4.78, 5) is 10.3. The molecule has 5 heteroatoms. The van der Waals surface area contributed by atoms with Crippen LogP contribution in [0.3, 0.4) is 0 Å². The predicted octanol–water partition coefficient (Wildman–Crippen LogP) is 13.6. The Balaban J connectivity index is 1.33. The molecule has 0 aliphatic rings. The fraction of sp³-hybridized carbons (Fsp3) is 0.0182. The number of nitrogens with zero attached hydrogens (tertiary/aromatic N) is 5. The van der Waals surface area contributed by atoms with E-state index in [1.807, 2.05) is 84.9 Å². The summed E-state index contributed by atoms with van der Waals surface area (Å²) in [6, 6.07) is 70.8. The van der Waals surface area contributed by atoms with E-state index < -0.39 is 0 Å². The Labute approximate surface area is 348 Å². The standard InChI is InChI=1S/C55H35N5/c1-36-13-10-20-41(27-36)42-25-26-53-49(30-42)46-23-8-9-24-52(46)60(53)54-47(43-21-11-14-37(28-43)34-56)31-45(32-48(54)44-22-12-15-38(29-44)35-57)51-33-50(39-16-4-2-5-17-39)58-55(59-51)40-18-6-3-7-19-40/h2-33H,1H3. The van der Waals surface area contributed by atoms with E-state index in [-0.39, 0.29) is 0 Å². The van der Waals surface area contributed by atoms with Crippen LogP contribution in [0.4, 0.5) is 0 Å². The van der Waals surface area contributed by atoms with Crippen molar-refractivity contribution >= 4 is 21.8 Å². The van der Waals surface area contributed by atoms with E-state index in [9.17, 15) is 10.5 Å². The molecule has 0 saturated heterocycles. The van der Waals surface area contributed by atoms with Crippen LogP contribution >= 0.6 is 0 Å². The molecule has 10 aromatic rings. The number of hydrogen-bond donors (Lipinski definition) is 0. The van der Waals surface area contributed by atoms with Gasteiger partial charge in [-0.2, -0.15) is 10.5 Å². The van der Waals surface area contributed by atoms with Crippen molar-refractivity contribution in [1.82, 2.24) is 14.5 Å². The molecule has 0 N–H and O–H groups in total. The molecule has 0 spiro atoms. The summed E-state index contributed by atoms with van der Waals surface area (Å²) in [6.07, 6.45) is 0. The first-order valence-corrected chi connectivity index (χ1v) is 19.8. The van der Waals surface area contributed by atoms with Crippen LogP contribution in [0.1, 0.15) is 16.7 Å². The van der Waals surface area contributed by atoms with Crippen molar-refractivity contribution in [1.29, 1.82) is 10.5 Å². The number of para-hydroxylation sites is 1. The second kappa shape index (κ2) is 15.2. The average Bonchev–Trinajstić information content (AvgIpc) is 3.65. The Morgan fingerprint density at radius 2 is 0.933 bits per heavy atom. The predicted molar refractivity (Wildman–Crippen MR) is 243 cm³/mol. The molecule has 0 aliphatic heterocycles. The molecule has 0 aliphatic carbocycles. The second-order valence-corrected chi connectivity index (χ2v) is 15.0. The van der Waals surface area contributed by atoms with Gasteiger partial charge in [-0.3, -0.25) is 0 Å². The molecule has 280 valence electrons. The van der Waals surface area contributed by atoms with Gasteiger partial charge in [0, 0.05) is 38.6 Å². The maximum absolute atomic E-state index is 10.2. The third-order valence-electron chi connectivity index (χ3n) is 11.1. The minimum absolute atomic E-state index is 0.557. The highest BCUT2D eigenvalue weighted by atomic mass is 15.0. The van der Waals surface area contributed by atoms with E-state index in [0.29, 0.717) is 17.0 Å². The van der Waals surface area contributed by atoms with Crippen molar-refractivity contribution in [3.05, 3.63) is 211 Å². The molecule has 0 radical (unpaired) electrons. The highest BCUT2D eigenvalue weighted by molar-refractivity contribution is 6.12. The Hall–Kier alpha value is -8.38. The highest BCUT2D eigenvalue weighted by Crippen LogP contribution is 2.45. The van der Waals surface area contributed by atoms with Gasteiger partial charge in [0.15, 0.2) is 5.82 Å². The highest BCUT2D eigenvalue weighted by Gasteiger charge is 2.23. The van der Waals surface area contributed by atoms with E-state index >= 15 is 0 Å². The molecule has 0 atom stereocenters. The lowest BCUT2D eigenvalue weighted by molar-refractivity contribution is 1.17. The van der Waals surface area contributed by atoms with Gasteiger partial charge >= 0.3 is 0 Å². The topological polar surface area (TPSA) is 78.3 Å². The van der Waals surface area contributed by atoms with Crippen LogP contribution in [0.25, 0.3) is 94.8 Å². The number of nitriles is 2. The van der Waals surface area contributed by atoms with Gasteiger partial charge in [0.2, 0.25) is 0 Å². The molecule has 0 amide bonds. The first kappa shape index (κ1) is 36.0. The lowest BCUT2D eigenvalue weighted by atomic mass is 9.90. The Morgan fingerprint density at radius 3 is 1.58 bits per heavy atom. The van der Waals surface area contributed by atoms with Crippen LogP contribution in [-0.4, -0.2) is 14.5 Å². The van der Waals surface area contributed by atoms with Crippen molar-refractivity contribution in [2.45, 2.75) is 6.92 Å². The monoisotopic (exact) mass is 765 g/mol. The van der Waals surface area contributed by atoms with Gasteiger partial charge in [-0.1, -0.05) is 139 Å². The Bertz CT molecular complexity index is 3210. The number of benzene rings is 8. The van der Waals surface area contributed by atoms with E-state index in [4.69, 9.17) is 9.97 Å². The second-order valence-electron chi connectivity index (χ2n) is 15.0. The molecule has 0 fully saturated rings. The summed E-state index contributed by atoms with van der Waals surface area (Å²) in [7, 11) is 0. The van der Waals surface area contributed by atoms with Crippen LogP contribution in [-0.2, 0) is 0 Å². The SMILES string of the molecule is Cc1cccc(-c2ccc3c(c2)c2ccccc2n3-c2c(-c3cccc(C#N)c3)cc(-c3cc(-c4ccccc4)nc(-c4ccccc4)n3)cc2-c2cccc(C#N)c2)c1. The van der Waals surface area contributed by atoms with E-state index in [1.165, 1.54) is 5.56 Å². The zero-order valence-electron chi connectivity index (χ0n) is 32.7. The molecule has 60 heavy (non-hydrogen) atoms. The molecular weight excluding hydrogens is 731 g/mol. The zero-order valence-corrected chi connectivity index (χ0v) is 32.7. The maximum atomic E-state index is 10.2. The van der Waals surface area contributed by atoms with Gasteiger partial charge in [0.05, 0.1) is 51.4 Å². The summed E-state index contributed by atoms with van der Waals surface area (Å²) >= 11 is 0.